The van der Waals surface area contributed by atoms with E-state index in [1.807, 2.05) is 37.3 Å². The molecule has 0 bridgehead atoms. The topological polar surface area (TPSA) is 89.5 Å². The van der Waals surface area contributed by atoms with Crippen molar-refractivity contribution < 1.29 is 22.7 Å². The van der Waals surface area contributed by atoms with E-state index in [9.17, 15) is 18.0 Å². The molecule has 0 aromatic heterocycles. The van der Waals surface area contributed by atoms with Gasteiger partial charge in [-0.25, -0.2) is 8.42 Å². The number of amides is 1. The second kappa shape index (κ2) is 8.62. The summed E-state index contributed by atoms with van der Waals surface area (Å²) in [4.78, 5) is 24.3. The second-order valence-corrected chi connectivity index (χ2v) is 7.84. The third-order valence-electron chi connectivity index (χ3n) is 3.81. The van der Waals surface area contributed by atoms with Gasteiger partial charge in [0.1, 0.15) is 0 Å². The zero-order chi connectivity index (χ0) is 19.2. The molecule has 6 nitrogen and oxygen atoms in total. The molecule has 1 amide bonds. The van der Waals surface area contributed by atoms with Crippen LogP contribution in [0.4, 0.5) is 5.69 Å². The summed E-state index contributed by atoms with van der Waals surface area (Å²) in [5, 5.41) is 2.56. The average Bonchev–Trinajstić information content (AvgIpc) is 2.61. The fraction of sp³-hybridized carbons (Fsp3) is 0.263. The van der Waals surface area contributed by atoms with Crippen LogP contribution in [0.15, 0.2) is 59.5 Å². The lowest BCUT2D eigenvalue weighted by Gasteiger charge is -2.14. The molecule has 1 atom stereocenters. The molecule has 0 saturated heterocycles. The van der Waals surface area contributed by atoms with Crippen molar-refractivity contribution in [2.24, 2.45) is 0 Å². The Morgan fingerprint density at radius 3 is 2.19 bits per heavy atom. The van der Waals surface area contributed by atoms with Crippen LogP contribution >= 0.6 is 0 Å². The molecule has 1 unspecified atom stereocenters. The minimum atomic E-state index is -3.29. The fourth-order valence-electron chi connectivity index (χ4n) is 2.44. The molecule has 2 aromatic carbocycles. The Morgan fingerprint density at radius 2 is 1.65 bits per heavy atom. The van der Waals surface area contributed by atoms with E-state index in [2.05, 4.69) is 5.32 Å². The van der Waals surface area contributed by atoms with Crippen LogP contribution in [0, 0.1) is 0 Å². The maximum atomic E-state index is 12.2. The summed E-state index contributed by atoms with van der Waals surface area (Å²) in [6.07, 6.45) is 1.67. The van der Waals surface area contributed by atoms with Gasteiger partial charge in [-0.05, 0) is 36.2 Å². The van der Waals surface area contributed by atoms with Gasteiger partial charge in [0.2, 0.25) is 0 Å². The van der Waals surface area contributed by atoms with E-state index in [1.165, 1.54) is 24.3 Å². The van der Waals surface area contributed by atoms with Crippen molar-refractivity contribution >= 4 is 27.4 Å². The van der Waals surface area contributed by atoms with Crippen molar-refractivity contribution in [2.75, 3.05) is 18.2 Å². The summed E-state index contributed by atoms with van der Waals surface area (Å²) >= 11 is 0. The van der Waals surface area contributed by atoms with Gasteiger partial charge >= 0.3 is 5.97 Å². The third kappa shape index (κ3) is 5.42. The van der Waals surface area contributed by atoms with Gasteiger partial charge in [0.15, 0.2) is 16.4 Å². The van der Waals surface area contributed by atoms with Gasteiger partial charge in [-0.1, -0.05) is 37.3 Å². The van der Waals surface area contributed by atoms with Crippen LogP contribution < -0.4 is 5.32 Å². The zero-order valence-corrected chi connectivity index (χ0v) is 15.5. The molecule has 138 valence electrons. The predicted octanol–water partition coefficient (Wildman–Crippen LogP) is 2.77. The Hall–Kier alpha value is -2.67. The maximum Gasteiger partial charge on any atom is 0.313 e. The summed E-state index contributed by atoms with van der Waals surface area (Å²) in [6.45, 7) is 1.47. The molecule has 0 aliphatic carbocycles. The molecule has 0 heterocycles. The van der Waals surface area contributed by atoms with Gasteiger partial charge < -0.3 is 10.1 Å². The number of carbonyl (C=O) groups excluding carboxylic acids is 2. The molecule has 7 heteroatoms. The highest BCUT2D eigenvalue weighted by Gasteiger charge is 2.21. The van der Waals surface area contributed by atoms with Gasteiger partial charge in [0, 0.05) is 11.9 Å². The number of nitrogens with one attached hydrogen (secondary N) is 1. The van der Waals surface area contributed by atoms with Gasteiger partial charge in [0.05, 0.1) is 10.8 Å². The predicted molar refractivity (Wildman–Crippen MR) is 98.6 cm³/mol. The number of esters is 1. The smallest absolute Gasteiger partial charge is 0.313 e. The number of benzene rings is 2. The first-order chi connectivity index (χ1) is 12.3. The first-order valence-corrected chi connectivity index (χ1v) is 10.0. The van der Waals surface area contributed by atoms with E-state index in [1.54, 1.807) is 0 Å². The minimum absolute atomic E-state index is 0.163. The van der Waals surface area contributed by atoms with E-state index in [-0.39, 0.29) is 4.90 Å². The summed E-state index contributed by atoms with van der Waals surface area (Å²) in [5.41, 5.74) is 1.27. The Labute approximate surface area is 153 Å². The lowest BCUT2D eigenvalue weighted by molar-refractivity contribution is -0.149. The highest BCUT2D eigenvalue weighted by molar-refractivity contribution is 7.90. The molecular weight excluding hydrogens is 354 g/mol. The molecule has 26 heavy (non-hydrogen) atoms. The molecule has 1 N–H and O–H groups in total. The summed E-state index contributed by atoms with van der Waals surface area (Å²) in [6, 6.07) is 15.0. The third-order valence-corrected chi connectivity index (χ3v) is 4.93. The van der Waals surface area contributed by atoms with Crippen molar-refractivity contribution in [1.29, 1.82) is 0 Å². The number of hydrogen-bond acceptors (Lipinski definition) is 5. The van der Waals surface area contributed by atoms with E-state index in [4.69, 9.17) is 4.74 Å². The average molecular weight is 375 g/mol. The van der Waals surface area contributed by atoms with E-state index in [0.717, 1.165) is 11.8 Å². The zero-order valence-electron chi connectivity index (χ0n) is 14.6. The molecular formula is C19H21NO5S. The number of ether oxygens (including phenoxy) is 1. The molecule has 0 saturated carbocycles. The number of anilines is 1. The van der Waals surface area contributed by atoms with Crippen molar-refractivity contribution in [3.63, 3.8) is 0 Å². The van der Waals surface area contributed by atoms with E-state index >= 15 is 0 Å². The Bertz CT molecular complexity index is 861. The van der Waals surface area contributed by atoms with E-state index in [0.29, 0.717) is 12.1 Å². The summed E-state index contributed by atoms with van der Waals surface area (Å²) in [7, 11) is -3.29. The van der Waals surface area contributed by atoms with Crippen LogP contribution in [0.3, 0.4) is 0 Å². The number of sulfone groups is 1. The van der Waals surface area contributed by atoms with Crippen molar-refractivity contribution in [3.8, 4) is 0 Å². The highest BCUT2D eigenvalue weighted by atomic mass is 32.2. The van der Waals surface area contributed by atoms with Gasteiger partial charge in [-0.2, -0.15) is 0 Å². The standard InChI is InChI=1S/C19H21NO5S/c1-3-17(14-7-5-4-6-8-14)19(22)25-13-18(21)20-15-9-11-16(12-10-15)26(2,23)24/h4-12,17H,3,13H2,1-2H3,(H,20,21). The van der Waals surface area contributed by atoms with Crippen molar-refractivity contribution in [3.05, 3.63) is 60.2 Å². The Kier molecular flexibility index (Phi) is 6.52. The molecule has 0 fully saturated rings. The largest absolute Gasteiger partial charge is 0.455 e. The number of carbonyl (C=O) groups is 2. The molecule has 0 radical (unpaired) electrons. The normalized spacial score (nSPS) is 12.2. The van der Waals surface area contributed by atoms with Gasteiger partial charge in [-0.3, -0.25) is 9.59 Å². The SMILES string of the molecule is CCC(C(=O)OCC(=O)Nc1ccc(S(C)(=O)=O)cc1)c1ccccc1. The molecule has 2 rings (SSSR count). The van der Waals surface area contributed by atoms with Crippen molar-refractivity contribution in [1.82, 2.24) is 0 Å². The number of hydrogen-bond donors (Lipinski definition) is 1. The quantitative estimate of drug-likeness (QED) is 0.752. The summed E-state index contributed by atoms with van der Waals surface area (Å²) in [5.74, 6) is -1.37. The molecule has 0 spiro atoms. The molecule has 0 aliphatic rings. The van der Waals surface area contributed by atoms with Crippen molar-refractivity contribution in [2.45, 2.75) is 24.2 Å². The van der Waals surface area contributed by atoms with Gasteiger partial charge in [0.25, 0.3) is 5.91 Å². The first kappa shape index (κ1) is 19.7. The number of rotatable bonds is 7. The first-order valence-electron chi connectivity index (χ1n) is 8.13. The minimum Gasteiger partial charge on any atom is -0.455 e. The monoisotopic (exact) mass is 375 g/mol. The second-order valence-electron chi connectivity index (χ2n) is 5.82. The lowest BCUT2D eigenvalue weighted by Crippen LogP contribution is -2.23. The Balaban J connectivity index is 1.91. The lowest BCUT2D eigenvalue weighted by atomic mass is 9.97. The molecule has 2 aromatic rings. The van der Waals surface area contributed by atoms with Crippen LogP contribution in [0.1, 0.15) is 24.8 Å². The van der Waals surface area contributed by atoms with Crippen LogP contribution in [0.5, 0.6) is 0 Å². The van der Waals surface area contributed by atoms with Crippen LogP contribution in [-0.4, -0.2) is 33.2 Å². The Morgan fingerprint density at radius 1 is 1.04 bits per heavy atom. The summed E-state index contributed by atoms with van der Waals surface area (Å²) < 4.78 is 27.9. The van der Waals surface area contributed by atoms with Gasteiger partial charge in [-0.15, -0.1) is 0 Å². The maximum absolute atomic E-state index is 12.2. The fourth-order valence-corrected chi connectivity index (χ4v) is 3.07. The van der Waals surface area contributed by atoms with Crippen LogP contribution in [0.25, 0.3) is 0 Å². The van der Waals surface area contributed by atoms with Crippen LogP contribution in [0.2, 0.25) is 0 Å². The highest BCUT2D eigenvalue weighted by Crippen LogP contribution is 2.20. The van der Waals surface area contributed by atoms with E-state index < -0.39 is 34.2 Å². The van der Waals surface area contributed by atoms with Crippen LogP contribution in [-0.2, 0) is 24.2 Å². The molecule has 0 aliphatic heterocycles.